The number of aromatic amines is 1. The van der Waals surface area contributed by atoms with E-state index < -0.39 is 15.8 Å². The van der Waals surface area contributed by atoms with Crippen molar-refractivity contribution in [3.05, 3.63) is 101 Å². The molecule has 9 heteroatoms. The molecule has 3 rings (SSSR count). The van der Waals surface area contributed by atoms with Crippen LogP contribution < -0.4 is 26.8 Å². The van der Waals surface area contributed by atoms with E-state index in [4.69, 9.17) is 11.5 Å². The number of hydrogen-bond donors (Lipinski definition) is 4. The molecule has 34 heavy (non-hydrogen) atoms. The van der Waals surface area contributed by atoms with Crippen LogP contribution in [0.4, 0.5) is 4.39 Å². The molecule has 0 saturated carbocycles. The average molecular weight is 480 g/mol. The van der Waals surface area contributed by atoms with E-state index in [1.165, 1.54) is 12.4 Å². The average Bonchev–Trinajstić information content (AvgIpc) is 3.15. The third-order valence-electron chi connectivity index (χ3n) is 5.07. The van der Waals surface area contributed by atoms with Crippen LogP contribution in [-0.2, 0) is 16.6 Å². The molecule has 0 radical (unpaired) electrons. The zero-order chi connectivity index (χ0) is 24.9. The summed E-state index contributed by atoms with van der Waals surface area (Å²) in [5, 5.41) is 1.69. The van der Waals surface area contributed by atoms with Crippen molar-refractivity contribution in [3.8, 4) is 11.1 Å². The fourth-order valence-electron chi connectivity index (χ4n) is 3.44. The maximum atomic E-state index is 15.1. The molecule has 0 saturated heterocycles. The van der Waals surface area contributed by atoms with E-state index in [2.05, 4.69) is 27.8 Å². The van der Waals surface area contributed by atoms with Crippen molar-refractivity contribution in [3.63, 3.8) is 0 Å². The largest absolute Gasteiger partial charge is 0.404 e. The van der Waals surface area contributed by atoms with Gasteiger partial charge in [-0.2, -0.15) is 0 Å². The molecule has 1 aromatic carbocycles. The summed E-state index contributed by atoms with van der Waals surface area (Å²) in [6, 6.07) is 6.93. The Morgan fingerprint density at radius 1 is 1.26 bits per heavy atom. The summed E-state index contributed by atoms with van der Waals surface area (Å²) in [6.07, 6.45) is 11.9. The summed E-state index contributed by atoms with van der Waals surface area (Å²) in [6.45, 7) is 7.87. The highest BCUT2D eigenvalue weighted by Crippen LogP contribution is 2.28. The minimum Gasteiger partial charge on any atom is -0.404 e. The molecule has 7 nitrogen and oxygen atoms in total. The fourth-order valence-corrected chi connectivity index (χ4v) is 3.87. The number of H-pyrrole nitrogens is 1. The van der Waals surface area contributed by atoms with Crippen molar-refractivity contribution < 1.29 is 12.8 Å². The van der Waals surface area contributed by atoms with Crippen LogP contribution in [0, 0.1) is 5.82 Å². The van der Waals surface area contributed by atoms with Crippen LogP contribution in [0.25, 0.3) is 34.4 Å². The number of nitrogens with one attached hydrogen (secondary N) is 2. The Labute approximate surface area is 197 Å². The maximum Gasteiger partial charge on any atom is 0.209 e. The predicted octanol–water partition coefficient (Wildman–Crippen LogP) is 2.04. The van der Waals surface area contributed by atoms with Crippen LogP contribution in [-0.4, -0.2) is 24.6 Å². The number of benzene rings is 1. The molecule has 3 aromatic rings. The number of hydrogen-bond acceptors (Lipinski definition) is 5. The molecule has 6 N–H and O–H groups in total. The zero-order valence-corrected chi connectivity index (χ0v) is 19.5. The van der Waals surface area contributed by atoms with Crippen LogP contribution in [0.15, 0.2) is 79.2 Å². The van der Waals surface area contributed by atoms with Crippen LogP contribution in [0.2, 0.25) is 0 Å². The van der Waals surface area contributed by atoms with Crippen LogP contribution in [0.5, 0.6) is 0 Å². The van der Waals surface area contributed by atoms with Crippen LogP contribution >= 0.6 is 0 Å². The lowest BCUT2D eigenvalue weighted by atomic mass is 9.99. The Hall–Kier alpha value is -3.95. The lowest BCUT2D eigenvalue weighted by molar-refractivity contribution is 0.587. The highest BCUT2D eigenvalue weighted by atomic mass is 32.2. The number of fused-ring (bicyclic) bond motifs is 1. The number of pyridine rings is 1. The normalized spacial score (nSPS) is 13.8. The Kier molecular flexibility index (Phi) is 7.50. The van der Waals surface area contributed by atoms with Gasteiger partial charge in [0.05, 0.1) is 17.8 Å². The Bertz CT molecular complexity index is 1530. The van der Waals surface area contributed by atoms with E-state index in [1.807, 2.05) is 0 Å². The molecule has 0 amide bonds. The Morgan fingerprint density at radius 3 is 2.56 bits per heavy atom. The van der Waals surface area contributed by atoms with E-state index >= 15 is 4.39 Å². The molecule has 0 atom stereocenters. The van der Waals surface area contributed by atoms with Crippen molar-refractivity contribution in [1.29, 1.82) is 0 Å². The van der Waals surface area contributed by atoms with Crippen LogP contribution in [0.3, 0.4) is 0 Å². The van der Waals surface area contributed by atoms with Gasteiger partial charge in [0.15, 0.2) is 0 Å². The fraction of sp³-hybridized carbons (Fsp3) is 0.0800. The molecule has 0 aliphatic heterocycles. The highest BCUT2D eigenvalue weighted by Gasteiger charge is 2.15. The van der Waals surface area contributed by atoms with Gasteiger partial charge in [-0.05, 0) is 28.3 Å². The van der Waals surface area contributed by atoms with Gasteiger partial charge >= 0.3 is 0 Å². The number of allylic oxidation sites excluding steroid dienone is 5. The second-order valence-corrected chi connectivity index (χ2v) is 9.33. The standard InChI is InChI=1S/C25H26FN5O2S/c1-4-5-6-19(12-27)16(2)11-20-22(13-28)31-25-24(20)23(21(26)15-29-25)18-9-7-17(8-10-18)14-30-34(3,32)33/h4-13,15,30H,1-2,14,27-28H2,3H3,(H,29,31)/b6-5-,19-12+,20-11+,22-13+. The van der Waals surface area contributed by atoms with E-state index in [-0.39, 0.29) is 6.54 Å². The first-order valence-electron chi connectivity index (χ1n) is 10.2. The lowest BCUT2D eigenvalue weighted by Crippen LogP contribution is -2.25. The minimum atomic E-state index is -3.33. The van der Waals surface area contributed by atoms with Crippen molar-refractivity contribution in [2.45, 2.75) is 6.54 Å². The van der Waals surface area contributed by atoms with Gasteiger partial charge in [-0.15, -0.1) is 0 Å². The Morgan fingerprint density at radius 2 is 1.97 bits per heavy atom. The van der Waals surface area contributed by atoms with Crippen molar-refractivity contribution in [2.24, 2.45) is 11.5 Å². The second-order valence-electron chi connectivity index (χ2n) is 7.50. The third-order valence-corrected chi connectivity index (χ3v) is 5.74. The number of halogens is 1. The first-order chi connectivity index (χ1) is 16.2. The van der Waals surface area contributed by atoms with Gasteiger partial charge in [0, 0.05) is 35.1 Å². The third kappa shape index (κ3) is 5.51. The second kappa shape index (κ2) is 10.3. The predicted molar refractivity (Wildman–Crippen MR) is 136 cm³/mol. The van der Waals surface area contributed by atoms with E-state index in [1.54, 1.807) is 48.6 Å². The Balaban J connectivity index is 2.20. The number of sulfonamides is 1. The molecular formula is C25H26FN5O2S. The van der Waals surface area contributed by atoms with Gasteiger partial charge in [0.1, 0.15) is 11.5 Å². The number of nitrogens with two attached hydrogens (primary N) is 2. The van der Waals surface area contributed by atoms with Crippen molar-refractivity contribution in [1.82, 2.24) is 14.7 Å². The van der Waals surface area contributed by atoms with Crippen LogP contribution in [0.1, 0.15) is 5.56 Å². The molecule has 0 aliphatic rings. The molecule has 0 fully saturated rings. The molecule has 0 aliphatic carbocycles. The summed E-state index contributed by atoms with van der Waals surface area (Å²) in [5.74, 6) is -0.515. The lowest BCUT2D eigenvalue weighted by Gasteiger charge is -2.08. The number of aromatic nitrogens is 2. The summed E-state index contributed by atoms with van der Waals surface area (Å²) in [5.41, 5.74) is 15.0. The van der Waals surface area contributed by atoms with Gasteiger partial charge in [-0.3, -0.25) is 0 Å². The molecular weight excluding hydrogens is 453 g/mol. The summed E-state index contributed by atoms with van der Waals surface area (Å²) in [7, 11) is -3.33. The molecule has 2 heterocycles. The minimum absolute atomic E-state index is 0.134. The molecule has 0 unspecified atom stereocenters. The number of rotatable bonds is 8. The molecule has 176 valence electrons. The summed E-state index contributed by atoms with van der Waals surface area (Å²) in [4.78, 5) is 7.31. The van der Waals surface area contributed by atoms with Gasteiger partial charge in [0.2, 0.25) is 10.0 Å². The number of nitrogens with zero attached hydrogens (tertiary/aromatic N) is 1. The zero-order valence-electron chi connectivity index (χ0n) is 18.7. The maximum absolute atomic E-state index is 15.1. The van der Waals surface area contributed by atoms with E-state index in [0.717, 1.165) is 18.0 Å². The smallest absolute Gasteiger partial charge is 0.209 e. The highest BCUT2D eigenvalue weighted by molar-refractivity contribution is 7.88. The quantitative estimate of drug-likeness (QED) is 0.368. The van der Waals surface area contributed by atoms with Gasteiger partial charge in [-0.25, -0.2) is 22.5 Å². The first-order valence-corrected chi connectivity index (χ1v) is 12.1. The van der Waals surface area contributed by atoms with Gasteiger partial charge in [0.25, 0.3) is 0 Å². The SMILES string of the molecule is C=C/C=C\C(=C/N)C(=C)/C=c1\c(=C/N)[nH]c2ncc(F)c(-c3ccc(CNS(C)(=O)=O)cc3)c12. The molecule has 0 spiro atoms. The molecule has 0 bridgehead atoms. The van der Waals surface area contributed by atoms with Gasteiger partial charge < -0.3 is 16.5 Å². The topological polar surface area (TPSA) is 127 Å². The van der Waals surface area contributed by atoms with Crippen molar-refractivity contribution >= 4 is 33.3 Å². The monoisotopic (exact) mass is 479 g/mol. The molecule has 2 aromatic heterocycles. The first kappa shape index (κ1) is 24.7. The van der Waals surface area contributed by atoms with Gasteiger partial charge in [-0.1, -0.05) is 55.7 Å². The van der Waals surface area contributed by atoms with E-state index in [9.17, 15) is 8.42 Å². The van der Waals surface area contributed by atoms with E-state index in [0.29, 0.717) is 43.9 Å². The van der Waals surface area contributed by atoms with Crippen molar-refractivity contribution in [2.75, 3.05) is 6.26 Å². The summed E-state index contributed by atoms with van der Waals surface area (Å²) < 4.78 is 40.3. The summed E-state index contributed by atoms with van der Waals surface area (Å²) >= 11 is 0.